The van der Waals surface area contributed by atoms with E-state index in [4.69, 9.17) is 22.1 Å². The van der Waals surface area contributed by atoms with Crippen molar-refractivity contribution in [3.63, 3.8) is 0 Å². The van der Waals surface area contributed by atoms with Crippen molar-refractivity contribution in [2.24, 2.45) is 17.6 Å². The molecule has 2 aromatic carbocycles. The topological polar surface area (TPSA) is 155 Å². The Bertz CT molecular complexity index is 1630. The SMILES string of the molecule is CCC(C)[C@H](NC(=O)Cc1ccccc1F)C(=O)N[C@@]1(OC(=O)NC(C(N)=O)[C@@H](C)CC)CCc2[nH]c3c(Cl)cc(F)cc3c2C1. The summed E-state index contributed by atoms with van der Waals surface area (Å²) in [4.78, 5) is 55.7. The van der Waals surface area contributed by atoms with Crippen molar-refractivity contribution in [3.8, 4) is 0 Å². The summed E-state index contributed by atoms with van der Waals surface area (Å²) in [5.74, 6) is -3.71. The number of fused-ring (bicyclic) bond motifs is 3. The molecule has 0 fully saturated rings. The van der Waals surface area contributed by atoms with Gasteiger partial charge in [0.1, 0.15) is 23.7 Å². The number of aryl methyl sites for hydroxylation is 1. The van der Waals surface area contributed by atoms with E-state index in [1.165, 1.54) is 30.3 Å². The van der Waals surface area contributed by atoms with Crippen LogP contribution in [-0.2, 0) is 38.4 Å². The summed E-state index contributed by atoms with van der Waals surface area (Å²) in [6.07, 6.45) is 0.103. The lowest BCUT2D eigenvalue weighted by Gasteiger charge is -2.39. The quantitative estimate of drug-likeness (QED) is 0.177. The summed E-state index contributed by atoms with van der Waals surface area (Å²) in [5, 5.41) is 8.76. The number of amides is 4. The van der Waals surface area contributed by atoms with E-state index in [0.29, 0.717) is 29.3 Å². The Morgan fingerprint density at radius 3 is 2.37 bits per heavy atom. The number of H-pyrrole nitrogens is 1. The van der Waals surface area contributed by atoms with Gasteiger partial charge in [-0.2, -0.15) is 0 Å². The summed E-state index contributed by atoms with van der Waals surface area (Å²) >= 11 is 6.32. The van der Waals surface area contributed by atoms with Crippen LogP contribution >= 0.6 is 11.6 Å². The van der Waals surface area contributed by atoms with Crippen molar-refractivity contribution in [2.45, 2.75) is 84.0 Å². The minimum atomic E-state index is -1.66. The van der Waals surface area contributed by atoms with Crippen LogP contribution in [0.25, 0.3) is 10.9 Å². The molecule has 4 rings (SSSR count). The standard InChI is InChI=1S/C33H40ClF2N5O5/c1-5-17(3)27(30(37)43)40-32(45)46-33(12-11-25-22(16-33)21-14-20(35)15-23(34)29(21)38-25)41-31(44)28(18(4)6-2)39-26(42)13-19-9-7-8-10-24(19)36/h7-10,14-15,17-18,27-28,38H,5-6,11-13,16H2,1-4H3,(H2,37,43)(H,39,42)(H,40,45)(H,41,44)/t17-,18?,27?,28-,33+/m0/s1. The van der Waals surface area contributed by atoms with E-state index in [0.717, 1.165) is 5.69 Å². The summed E-state index contributed by atoms with van der Waals surface area (Å²) in [6, 6.07) is 6.26. The average Bonchev–Trinajstić information content (AvgIpc) is 3.36. The predicted octanol–water partition coefficient (Wildman–Crippen LogP) is 4.80. The molecule has 2 unspecified atom stereocenters. The van der Waals surface area contributed by atoms with Crippen molar-refractivity contribution >= 4 is 46.3 Å². The number of carbonyl (C=O) groups is 4. The highest BCUT2D eigenvalue weighted by Crippen LogP contribution is 2.37. The molecule has 0 spiro atoms. The average molecular weight is 660 g/mol. The number of primary amides is 1. The Morgan fingerprint density at radius 1 is 1.04 bits per heavy atom. The minimum Gasteiger partial charge on any atom is -0.423 e. The molecule has 13 heteroatoms. The molecule has 0 saturated carbocycles. The lowest BCUT2D eigenvalue weighted by molar-refractivity contribution is -0.136. The number of alkyl carbamates (subject to hydrolysis) is 1. The van der Waals surface area contributed by atoms with Crippen LogP contribution in [0.3, 0.4) is 0 Å². The van der Waals surface area contributed by atoms with Gasteiger partial charge in [-0.15, -0.1) is 0 Å². The number of hydrogen-bond acceptors (Lipinski definition) is 5. The minimum absolute atomic E-state index is 0.0672. The van der Waals surface area contributed by atoms with Crippen LogP contribution in [0.5, 0.6) is 0 Å². The Hall–Kier alpha value is -4.19. The van der Waals surface area contributed by atoms with E-state index in [2.05, 4.69) is 20.9 Å². The maximum atomic E-state index is 14.5. The summed E-state index contributed by atoms with van der Waals surface area (Å²) < 4.78 is 34.6. The number of nitrogens with one attached hydrogen (secondary N) is 4. The second kappa shape index (κ2) is 14.5. The van der Waals surface area contributed by atoms with Crippen LogP contribution in [0.4, 0.5) is 13.6 Å². The van der Waals surface area contributed by atoms with Gasteiger partial charge in [-0.05, 0) is 47.6 Å². The first-order valence-corrected chi connectivity index (χ1v) is 15.8. The van der Waals surface area contributed by atoms with Gasteiger partial charge < -0.3 is 31.4 Å². The monoisotopic (exact) mass is 659 g/mol. The van der Waals surface area contributed by atoms with Crippen molar-refractivity contribution in [1.29, 1.82) is 0 Å². The fraction of sp³-hybridized carbons (Fsp3) is 0.455. The molecule has 0 bridgehead atoms. The second-order valence-electron chi connectivity index (χ2n) is 12.1. The van der Waals surface area contributed by atoms with Crippen molar-refractivity contribution < 1.29 is 32.7 Å². The van der Waals surface area contributed by atoms with Gasteiger partial charge in [0.2, 0.25) is 17.7 Å². The molecular weight excluding hydrogens is 620 g/mol. The molecular formula is C33H40ClF2N5O5. The van der Waals surface area contributed by atoms with E-state index in [1.807, 2.05) is 13.8 Å². The molecule has 1 heterocycles. The lowest BCUT2D eigenvalue weighted by atomic mass is 9.87. The van der Waals surface area contributed by atoms with E-state index >= 15 is 0 Å². The third-order valence-corrected chi connectivity index (χ3v) is 9.11. The van der Waals surface area contributed by atoms with E-state index < -0.39 is 53.3 Å². The fourth-order valence-corrected chi connectivity index (χ4v) is 6.02. The van der Waals surface area contributed by atoms with Crippen LogP contribution < -0.4 is 21.7 Å². The fourth-order valence-electron chi connectivity index (χ4n) is 5.77. The first-order chi connectivity index (χ1) is 21.8. The number of hydrogen-bond donors (Lipinski definition) is 5. The van der Waals surface area contributed by atoms with Gasteiger partial charge in [-0.3, -0.25) is 14.4 Å². The number of benzene rings is 2. The number of rotatable bonds is 12. The van der Waals surface area contributed by atoms with Gasteiger partial charge in [0, 0.05) is 23.9 Å². The molecule has 0 radical (unpaired) electrons. The number of aromatic amines is 1. The highest BCUT2D eigenvalue weighted by molar-refractivity contribution is 6.35. The zero-order valence-corrected chi connectivity index (χ0v) is 27.0. The molecule has 6 N–H and O–H groups in total. The smallest absolute Gasteiger partial charge is 0.409 e. The molecule has 5 atom stereocenters. The van der Waals surface area contributed by atoms with Gasteiger partial charge in [-0.25, -0.2) is 13.6 Å². The maximum absolute atomic E-state index is 14.5. The largest absolute Gasteiger partial charge is 0.423 e. The number of aromatic nitrogens is 1. The van der Waals surface area contributed by atoms with Crippen LogP contribution in [0.2, 0.25) is 5.02 Å². The van der Waals surface area contributed by atoms with Gasteiger partial charge in [0.25, 0.3) is 0 Å². The third-order valence-electron chi connectivity index (χ3n) is 8.81. The molecule has 10 nitrogen and oxygen atoms in total. The van der Waals surface area contributed by atoms with Crippen LogP contribution in [0.15, 0.2) is 36.4 Å². The van der Waals surface area contributed by atoms with Crippen LogP contribution in [0.1, 0.15) is 63.8 Å². The zero-order chi connectivity index (χ0) is 33.8. The Morgan fingerprint density at radius 2 is 1.72 bits per heavy atom. The van der Waals surface area contributed by atoms with Gasteiger partial charge in [0.05, 0.1) is 17.0 Å². The van der Waals surface area contributed by atoms with Crippen LogP contribution in [0, 0.1) is 23.5 Å². The highest BCUT2D eigenvalue weighted by atomic mass is 35.5. The highest BCUT2D eigenvalue weighted by Gasteiger charge is 2.44. The van der Waals surface area contributed by atoms with Gasteiger partial charge >= 0.3 is 6.09 Å². The number of carbonyl (C=O) groups excluding carboxylic acids is 4. The Kier molecular flexibility index (Phi) is 10.9. The first-order valence-electron chi connectivity index (χ1n) is 15.4. The maximum Gasteiger partial charge on any atom is 0.409 e. The predicted molar refractivity (Wildman–Crippen MR) is 170 cm³/mol. The Labute approximate surface area is 271 Å². The summed E-state index contributed by atoms with van der Waals surface area (Å²) in [7, 11) is 0. The zero-order valence-electron chi connectivity index (χ0n) is 26.3. The molecule has 248 valence electrons. The number of nitrogens with two attached hydrogens (primary N) is 1. The normalized spacial score (nSPS) is 18.5. The molecule has 3 aromatic rings. The molecule has 0 aliphatic heterocycles. The van der Waals surface area contributed by atoms with E-state index in [1.54, 1.807) is 19.9 Å². The molecule has 0 saturated heterocycles. The van der Waals surface area contributed by atoms with E-state index in [9.17, 15) is 28.0 Å². The number of ether oxygens (including phenoxy) is 1. The number of halogens is 3. The van der Waals surface area contributed by atoms with Crippen molar-refractivity contribution in [1.82, 2.24) is 20.9 Å². The second-order valence-corrected chi connectivity index (χ2v) is 12.5. The van der Waals surface area contributed by atoms with Gasteiger partial charge in [0.15, 0.2) is 5.72 Å². The lowest BCUT2D eigenvalue weighted by Crippen LogP contribution is -2.62. The molecule has 1 aromatic heterocycles. The third kappa shape index (κ3) is 7.78. The van der Waals surface area contributed by atoms with Crippen LogP contribution in [-0.4, -0.2) is 46.6 Å². The first kappa shape index (κ1) is 34.7. The Balaban J connectivity index is 1.66. The molecule has 46 heavy (non-hydrogen) atoms. The molecule has 1 aliphatic rings. The van der Waals surface area contributed by atoms with Crippen molar-refractivity contribution in [3.05, 3.63) is 69.9 Å². The molecule has 1 aliphatic carbocycles. The summed E-state index contributed by atoms with van der Waals surface area (Å²) in [5.41, 5.74) is 5.90. The molecule has 4 amide bonds. The van der Waals surface area contributed by atoms with Crippen molar-refractivity contribution in [2.75, 3.05) is 0 Å². The van der Waals surface area contributed by atoms with Gasteiger partial charge in [-0.1, -0.05) is 70.3 Å². The van der Waals surface area contributed by atoms with E-state index in [-0.39, 0.29) is 48.1 Å². The summed E-state index contributed by atoms with van der Waals surface area (Å²) in [6.45, 7) is 7.23.